The molecule has 0 saturated carbocycles. The van der Waals surface area contributed by atoms with Gasteiger partial charge in [-0.25, -0.2) is 9.59 Å². The maximum atomic E-state index is 12.1. The highest BCUT2D eigenvalue weighted by Gasteiger charge is 2.21. The van der Waals surface area contributed by atoms with Crippen molar-refractivity contribution in [3.05, 3.63) is 108 Å². The number of pyridine rings is 1. The minimum absolute atomic E-state index is 0.0274. The van der Waals surface area contributed by atoms with Gasteiger partial charge in [-0.05, 0) is 41.0 Å². The molecule has 7 nitrogen and oxygen atoms in total. The van der Waals surface area contributed by atoms with E-state index in [2.05, 4.69) is 10.3 Å². The maximum Gasteiger partial charge on any atom is 0.408 e. The smallest absolute Gasteiger partial charge is 0.408 e. The van der Waals surface area contributed by atoms with Crippen molar-refractivity contribution in [1.82, 2.24) is 10.3 Å². The highest BCUT2D eigenvalue weighted by Crippen LogP contribution is 2.24. The van der Waals surface area contributed by atoms with Crippen LogP contribution in [0.1, 0.15) is 16.7 Å². The van der Waals surface area contributed by atoms with Gasteiger partial charge in [-0.2, -0.15) is 0 Å². The molecule has 0 aliphatic rings. The molecule has 7 heteroatoms. The van der Waals surface area contributed by atoms with Crippen molar-refractivity contribution in [3.8, 4) is 5.75 Å². The van der Waals surface area contributed by atoms with Crippen molar-refractivity contribution in [2.24, 2.45) is 0 Å². The first-order valence-corrected chi connectivity index (χ1v) is 10.8. The molecule has 1 unspecified atom stereocenters. The lowest BCUT2D eigenvalue weighted by atomic mass is 10.1. The molecule has 34 heavy (non-hydrogen) atoms. The normalized spacial score (nSPS) is 11.5. The standard InChI is InChI=1S/C27H24N2O5/c30-26(31)24(16-19-6-2-1-3-7-19)29-27(32)34-18-21-13-11-20(12-14-21)17-33-25-10-4-9-23-22(25)8-5-15-28-23/h1-15,24H,16-18H2,(H,29,32)(H,30,31). The van der Waals surface area contributed by atoms with E-state index in [9.17, 15) is 14.7 Å². The summed E-state index contributed by atoms with van der Waals surface area (Å²) in [6.07, 6.45) is 1.14. The zero-order valence-electron chi connectivity index (χ0n) is 18.4. The predicted octanol–water partition coefficient (Wildman–Crippen LogP) is 4.74. The van der Waals surface area contributed by atoms with E-state index in [-0.39, 0.29) is 13.0 Å². The van der Waals surface area contributed by atoms with Crippen LogP contribution in [0, 0.1) is 0 Å². The number of amides is 1. The second kappa shape index (κ2) is 11.0. The summed E-state index contributed by atoms with van der Waals surface area (Å²) in [7, 11) is 0. The summed E-state index contributed by atoms with van der Waals surface area (Å²) in [5.41, 5.74) is 3.43. The Morgan fingerprint density at radius 2 is 1.56 bits per heavy atom. The summed E-state index contributed by atoms with van der Waals surface area (Å²) in [6, 6.07) is 25.1. The molecule has 3 aromatic carbocycles. The van der Waals surface area contributed by atoms with E-state index in [1.165, 1.54) is 0 Å². The van der Waals surface area contributed by atoms with Crippen LogP contribution in [-0.2, 0) is 29.2 Å². The summed E-state index contributed by atoms with van der Waals surface area (Å²) in [4.78, 5) is 28.0. The minimum atomic E-state index is -1.12. The molecule has 0 spiro atoms. The Morgan fingerprint density at radius 3 is 2.29 bits per heavy atom. The highest BCUT2D eigenvalue weighted by atomic mass is 16.5. The molecule has 0 aliphatic heterocycles. The molecule has 1 heterocycles. The fraction of sp³-hybridized carbons (Fsp3) is 0.148. The molecule has 0 radical (unpaired) electrons. The number of alkyl carbamates (subject to hydrolysis) is 1. The summed E-state index contributed by atoms with van der Waals surface area (Å²) >= 11 is 0. The Bertz CT molecular complexity index is 1250. The van der Waals surface area contributed by atoms with Gasteiger partial charge in [-0.3, -0.25) is 4.98 Å². The fourth-order valence-corrected chi connectivity index (χ4v) is 3.48. The van der Waals surface area contributed by atoms with Crippen molar-refractivity contribution in [1.29, 1.82) is 0 Å². The second-order valence-corrected chi connectivity index (χ2v) is 7.73. The van der Waals surface area contributed by atoms with Crippen molar-refractivity contribution in [2.75, 3.05) is 0 Å². The van der Waals surface area contributed by atoms with Crippen LogP contribution in [0.25, 0.3) is 10.9 Å². The zero-order chi connectivity index (χ0) is 23.8. The van der Waals surface area contributed by atoms with E-state index in [4.69, 9.17) is 9.47 Å². The van der Waals surface area contributed by atoms with Gasteiger partial charge < -0.3 is 19.9 Å². The summed E-state index contributed by atoms with van der Waals surface area (Å²) in [6.45, 7) is 0.412. The van der Waals surface area contributed by atoms with Crippen LogP contribution in [0.2, 0.25) is 0 Å². The van der Waals surface area contributed by atoms with Gasteiger partial charge in [0.15, 0.2) is 0 Å². The Balaban J connectivity index is 1.27. The largest absolute Gasteiger partial charge is 0.488 e. The van der Waals surface area contributed by atoms with E-state index in [1.54, 1.807) is 6.20 Å². The number of rotatable bonds is 9. The number of aromatic nitrogens is 1. The van der Waals surface area contributed by atoms with Crippen LogP contribution >= 0.6 is 0 Å². The number of hydrogen-bond acceptors (Lipinski definition) is 5. The number of hydrogen-bond donors (Lipinski definition) is 2. The Morgan fingerprint density at radius 1 is 0.824 bits per heavy atom. The predicted molar refractivity (Wildman–Crippen MR) is 127 cm³/mol. The molecule has 1 atom stereocenters. The molecular weight excluding hydrogens is 432 g/mol. The summed E-state index contributed by atoms with van der Waals surface area (Å²) < 4.78 is 11.2. The van der Waals surface area contributed by atoms with Crippen molar-refractivity contribution in [2.45, 2.75) is 25.7 Å². The number of carboxylic acids is 1. The first kappa shape index (κ1) is 22.8. The molecule has 172 valence electrons. The number of carboxylic acid groups (broad SMARTS) is 1. The third-order valence-corrected chi connectivity index (χ3v) is 5.27. The van der Waals surface area contributed by atoms with Gasteiger partial charge in [0, 0.05) is 18.0 Å². The average Bonchev–Trinajstić information content (AvgIpc) is 2.87. The molecule has 0 aliphatic carbocycles. The average molecular weight is 456 g/mol. The Kier molecular flexibility index (Phi) is 7.35. The van der Waals surface area contributed by atoms with Crippen LogP contribution < -0.4 is 10.1 Å². The first-order chi connectivity index (χ1) is 16.6. The summed E-state index contributed by atoms with van der Waals surface area (Å²) in [5.74, 6) is -0.356. The fourth-order valence-electron chi connectivity index (χ4n) is 3.48. The third kappa shape index (κ3) is 6.10. The second-order valence-electron chi connectivity index (χ2n) is 7.73. The number of carbonyl (C=O) groups excluding carboxylic acids is 1. The van der Waals surface area contributed by atoms with E-state index >= 15 is 0 Å². The number of benzene rings is 3. The number of nitrogens with zero attached hydrogens (tertiary/aromatic N) is 1. The highest BCUT2D eigenvalue weighted by molar-refractivity contribution is 5.84. The molecule has 2 N–H and O–H groups in total. The molecule has 1 aromatic heterocycles. The Labute approximate surface area is 197 Å². The van der Waals surface area contributed by atoms with Crippen molar-refractivity contribution in [3.63, 3.8) is 0 Å². The quantitative estimate of drug-likeness (QED) is 0.378. The Hall–Kier alpha value is -4.39. The number of aliphatic carboxylic acids is 1. The van der Waals surface area contributed by atoms with Crippen LogP contribution in [0.5, 0.6) is 5.75 Å². The van der Waals surface area contributed by atoms with Crippen LogP contribution in [0.4, 0.5) is 4.79 Å². The number of nitrogens with one attached hydrogen (secondary N) is 1. The monoisotopic (exact) mass is 456 g/mol. The summed E-state index contributed by atoms with van der Waals surface area (Å²) in [5, 5.41) is 12.8. The maximum absolute atomic E-state index is 12.1. The van der Waals surface area contributed by atoms with Crippen LogP contribution in [0.3, 0.4) is 0 Å². The van der Waals surface area contributed by atoms with E-state index in [0.717, 1.165) is 33.3 Å². The van der Waals surface area contributed by atoms with E-state index < -0.39 is 18.1 Å². The number of ether oxygens (including phenoxy) is 2. The van der Waals surface area contributed by atoms with Gasteiger partial charge in [0.1, 0.15) is 25.0 Å². The van der Waals surface area contributed by atoms with Gasteiger partial charge in [-0.1, -0.05) is 60.7 Å². The van der Waals surface area contributed by atoms with Gasteiger partial charge in [0.2, 0.25) is 0 Å². The lowest BCUT2D eigenvalue weighted by molar-refractivity contribution is -0.139. The van der Waals surface area contributed by atoms with Crippen molar-refractivity contribution >= 4 is 23.0 Å². The van der Waals surface area contributed by atoms with Crippen LogP contribution in [-0.4, -0.2) is 28.2 Å². The molecule has 1 amide bonds. The zero-order valence-corrected chi connectivity index (χ0v) is 18.4. The topological polar surface area (TPSA) is 97.8 Å². The molecule has 0 fully saturated rings. The lowest BCUT2D eigenvalue weighted by Crippen LogP contribution is -2.42. The molecule has 4 rings (SSSR count). The van der Waals surface area contributed by atoms with Crippen LogP contribution in [0.15, 0.2) is 91.1 Å². The lowest BCUT2D eigenvalue weighted by Gasteiger charge is -2.15. The number of fused-ring (bicyclic) bond motifs is 1. The molecule has 0 bridgehead atoms. The van der Waals surface area contributed by atoms with Gasteiger partial charge in [0.25, 0.3) is 0 Å². The minimum Gasteiger partial charge on any atom is -0.488 e. The third-order valence-electron chi connectivity index (χ3n) is 5.27. The van der Waals surface area contributed by atoms with Gasteiger partial charge in [0.05, 0.1) is 5.52 Å². The van der Waals surface area contributed by atoms with E-state index in [1.807, 2.05) is 84.9 Å². The number of carbonyl (C=O) groups is 2. The first-order valence-electron chi connectivity index (χ1n) is 10.8. The molecule has 0 saturated heterocycles. The SMILES string of the molecule is O=C(NC(Cc1ccccc1)C(=O)O)OCc1ccc(COc2cccc3ncccc23)cc1. The van der Waals surface area contributed by atoms with Gasteiger partial charge >= 0.3 is 12.1 Å². The molecule has 4 aromatic rings. The molecular formula is C27H24N2O5. The van der Waals surface area contributed by atoms with Gasteiger partial charge in [-0.15, -0.1) is 0 Å². The van der Waals surface area contributed by atoms with E-state index in [0.29, 0.717) is 6.61 Å². The van der Waals surface area contributed by atoms with Crippen molar-refractivity contribution < 1.29 is 24.2 Å².